The molecule has 1 fully saturated rings. The van der Waals surface area contributed by atoms with Crippen LogP contribution in [0, 0.1) is 6.92 Å². The number of aliphatic imine (C=N–C) groups is 1. The van der Waals surface area contributed by atoms with Gasteiger partial charge in [-0.15, -0.1) is 0 Å². The molecule has 29 heavy (non-hydrogen) atoms. The van der Waals surface area contributed by atoms with Gasteiger partial charge in [0.15, 0.2) is 0 Å². The van der Waals surface area contributed by atoms with Gasteiger partial charge in [0.05, 0.1) is 35.4 Å². The van der Waals surface area contributed by atoms with Crippen molar-refractivity contribution in [3.8, 4) is 0 Å². The van der Waals surface area contributed by atoms with E-state index in [9.17, 15) is 12.8 Å². The average Bonchev–Trinajstić information content (AvgIpc) is 2.72. The zero-order valence-corrected chi connectivity index (χ0v) is 17.7. The fourth-order valence-corrected chi connectivity index (χ4v) is 4.35. The van der Waals surface area contributed by atoms with E-state index in [1.807, 2.05) is 24.8 Å². The molecule has 158 valence electrons. The van der Waals surface area contributed by atoms with Crippen molar-refractivity contribution in [2.24, 2.45) is 4.99 Å². The molecule has 0 bridgehead atoms. The minimum Gasteiger partial charge on any atom is -0.370 e. The predicted octanol–water partition coefficient (Wildman–Crippen LogP) is 3.39. The molecule has 0 aromatic heterocycles. The normalized spacial score (nSPS) is 25.8. The van der Waals surface area contributed by atoms with Gasteiger partial charge in [-0.2, -0.15) is 8.42 Å². The average molecular weight is 423 g/mol. The van der Waals surface area contributed by atoms with Gasteiger partial charge in [0.1, 0.15) is 5.83 Å². The van der Waals surface area contributed by atoms with Gasteiger partial charge in [0.25, 0.3) is 10.1 Å². The third-order valence-electron chi connectivity index (χ3n) is 5.03. The van der Waals surface area contributed by atoms with Crippen LogP contribution in [0.3, 0.4) is 0 Å². The fourth-order valence-electron chi connectivity index (χ4n) is 3.41. The molecule has 6 nitrogen and oxygen atoms in total. The Morgan fingerprint density at radius 1 is 1.34 bits per heavy atom. The predicted molar refractivity (Wildman–Crippen MR) is 110 cm³/mol. The molecule has 3 rings (SSSR count). The van der Waals surface area contributed by atoms with Gasteiger partial charge in [-0.1, -0.05) is 23.8 Å². The molecule has 0 aliphatic carbocycles. The summed E-state index contributed by atoms with van der Waals surface area (Å²) in [7, 11) is -3.87. The van der Waals surface area contributed by atoms with Crippen LogP contribution in [0.15, 0.2) is 57.8 Å². The molecule has 0 saturated carbocycles. The van der Waals surface area contributed by atoms with Crippen molar-refractivity contribution >= 4 is 16.3 Å². The lowest BCUT2D eigenvalue weighted by Gasteiger charge is -2.39. The fraction of sp³-hybridized carbons (Fsp3) is 0.476. The summed E-state index contributed by atoms with van der Waals surface area (Å²) >= 11 is 0. The van der Waals surface area contributed by atoms with Crippen LogP contribution in [0.4, 0.5) is 4.39 Å². The SMILES string of the molecule is Cc1ccc(S(=O)(=O)OC[C@H]2CN([C@H](C)/C(F)=C3\CC=CC=N3)C[C@@H](C)O2)cc1. The Hall–Kier alpha value is -1.87. The van der Waals surface area contributed by atoms with Crippen molar-refractivity contribution in [1.29, 1.82) is 0 Å². The molecule has 3 atom stereocenters. The van der Waals surface area contributed by atoms with Crippen molar-refractivity contribution in [2.75, 3.05) is 19.7 Å². The van der Waals surface area contributed by atoms with E-state index < -0.39 is 22.3 Å². The molecular formula is C21H27FN2O4S. The molecule has 2 aliphatic heterocycles. The molecule has 1 aromatic carbocycles. The number of ether oxygens (including phenoxy) is 1. The molecule has 2 heterocycles. The number of dihydropyridines is 1. The van der Waals surface area contributed by atoms with E-state index in [-0.39, 0.29) is 23.4 Å². The summed E-state index contributed by atoms with van der Waals surface area (Å²) in [5.41, 5.74) is 1.39. The van der Waals surface area contributed by atoms with Crippen LogP contribution < -0.4 is 0 Å². The molecule has 0 amide bonds. The summed E-state index contributed by atoms with van der Waals surface area (Å²) < 4.78 is 50.8. The lowest BCUT2D eigenvalue weighted by molar-refractivity contribution is -0.0979. The first-order valence-electron chi connectivity index (χ1n) is 9.69. The molecule has 1 saturated heterocycles. The van der Waals surface area contributed by atoms with E-state index in [1.54, 1.807) is 31.3 Å². The van der Waals surface area contributed by atoms with Gasteiger partial charge in [-0.05, 0) is 39.0 Å². The summed E-state index contributed by atoms with van der Waals surface area (Å²) in [5, 5.41) is 0. The van der Waals surface area contributed by atoms with Crippen molar-refractivity contribution in [3.63, 3.8) is 0 Å². The van der Waals surface area contributed by atoms with E-state index in [0.717, 1.165) is 5.56 Å². The van der Waals surface area contributed by atoms with Gasteiger partial charge >= 0.3 is 0 Å². The zero-order chi connectivity index (χ0) is 21.0. The van der Waals surface area contributed by atoms with Crippen LogP contribution in [0.1, 0.15) is 25.8 Å². The van der Waals surface area contributed by atoms with Crippen molar-refractivity contribution in [2.45, 2.75) is 50.3 Å². The van der Waals surface area contributed by atoms with E-state index in [2.05, 4.69) is 4.99 Å². The van der Waals surface area contributed by atoms with Gasteiger partial charge in [0.2, 0.25) is 0 Å². The second kappa shape index (κ2) is 9.30. The van der Waals surface area contributed by atoms with Crippen molar-refractivity contribution in [3.05, 3.63) is 53.5 Å². The number of halogens is 1. The highest BCUT2D eigenvalue weighted by atomic mass is 32.2. The standard InChI is InChI=1S/C21H27FN2O4S/c1-15-7-9-19(10-8-15)29(25,26)27-14-18-13-24(12-16(2)28-18)17(3)21(22)20-6-4-5-11-23-20/h4-5,7-11,16-18H,6,12-14H2,1-3H3/b21-20-/t16-,17-,18-/m1/s1. The van der Waals surface area contributed by atoms with E-state index in [0.29, 0.717) is 25.2 Å². The quantitative estimate of drug-likeness (QED) is 0.658. The van der Waals surface area contributed by atoms with Gasteiger partial charge in [-0.3, -0.25) is 14.1 Å². The summed E-state index contributed by atoms with van der Waals surface area (Å²) in [6, 6.07) is 6.00. The van der Waals surface area contributed by atoms with Crippen LogP contribution in [0.2, 0.25) is 0 Å². The minimum atomic E-state index is -3.87. The lowest BCUT2D eigenvalue weighted by Crippen LogP contribution is -2.51. The summed E-state index contributed by atoms with van der Waals surface area (Å²) in [5.74, 6) is -0.272. The van der Waals surface area contributed by atoms with Crippen LogP contribution in [0.25, 0.3) is 0 Å². The summed E-state index contributed by atoms with van der Waals surface area (Å²) in [4.78, 5) is 6.17. The Labute approximate surface area is 171 Å². The Balaban J connectivity index is 1.64. The highest BCUT2D eigenvalue weighted by Gasteiger charge is 2.32. The number of hydrogen-bond donors (Lipinski definition) is 0. The summed E-state index contributed by atoms with van der Waals surface area (Å²) in [6.45, 7) is 6.34. The Bertz CT molecular complexity index is 909. The highest BCUT2D eigenvalue weighted by Crippen LogP contribution is 2.25. The molecule has 2 aliphatic rings. The number of rotatable bonds is 6. The van der Waals surface area contributed by atoms with E-state index in [4.69, 9.17) is 8.92 Å². The number of allylic oxidation sites excluding steroid dienone is 2. The molecular weight excluding hydrogens is 395 g/mol. The number of nitrogens with zero attached hydrogens (tertiary/aromatic N) is 2. The first-order chi connectivity index (χ1) is 13.8. The van der Waals surface area contributed by atoms with Crippen molar-refractivity contribution in [1.82, 2.24) is 4.90 Å². The van der Waals surface area contributed by atoms with Crippen LogP contribution >= 0.6 is 0 Å². The second-order valence-electron chi connectivity index (χ2n) is 7.46. The number of benzene rings is 1. The van der Waals surface area contributed by atoms with Crippen LogP contribution in [-0.2, 0) is 19.0 Å². The third-order valence-corrected chi connectivity index (χ3v) is 6.32. The molecule has 0 unspecified atom stereocenters. The maximum absolute atomic E-state index is 14.9. The van der Waals surface area contributed by atoms with Crippen LogP contribution in [0.5, 0.6) is 0 Å². The van der Waals surface area contributed by atoms with Crippen molar-refractivity contribution < 1.29 is 21.7 Å². The van der Waals surface area contributed by atoms with E-state index in [1.165, 1.54) is 12.1 Å². The summed E-state index contributed by atoms with van der Waals surface area (Å²) in [6.07, 6.45) is 5.06. The topological polar surface area (TPSA) is 68.2 Å². The Morgan fingerprint density at radius 3 is 2.72 bits per heavy atom. The maximum atomic E-state index is 14.9. The van der Waals surface area contributed by atoms with E-state index >= 15 is 0 Å². The Morgan fingerprint density at radius 2 is 2.07 bits per heavy atom. The highest BCUT2D eigenvalue weighted by molar-refractivity contribution is 7.86. The van der Waals surface area contributed by atoms with Gasteiger partial charge < -0.3 is 4.74 Å². The van der Waals surface area contributed by atoms with Gasteiger partial charge in [0, 0.05) is 25.7 Å². The molecule has 8 heteroatoms. The van der Waals surface area contributed by atoms with Crippen LogP contribution in [-0.4, -0.2) is 57.5 Å². The zero-order valence-electron chi connectivity index (χ0n) is 16.9. The minimum absolute atomic E-state index is 0.108. The number of hydrogen-bond acceptors (Lipinski definition) is 6. The largest absolute Gasteiger partial charge is 0.370 e. The maximum Gasteiger partial charge on any atom is 0.297 e. The number of aryl methyl sites for hydroxylation is 1. The lowest BCUT2D eigenvalue weighted by atomic mass is 10.1. The molecule has 1 aromatic rings. The molecule has 0 radical (unpaired) electrons. The third kappa shape index (κ3) is 5.60. The second-order valence-corrected chi connectivity index (χ2v) is 9.07. The monoisotopic (exact) mass is 422 g/mol. The molecule has 0 N–H and O–H groups in total. The molecule has 0 spiro atoms. The smallest absolute Gasteiger partial charge is 0.297 e. The number of morpholine rings is 1. The first-order valence-corrected chi connectivity index (χ1v) is 11.1. The Kier molecular flexibility index (Phi) is 7.00. The van der Waals surface area contributed by atoms with Gasteiger partial charge in [-0.25, -0.2) is 4.39 Å². The first kappa shape index (κ1) is 21.8.